The maximum atomic E-state index is 13.0. The summed E-state index contributed by atoms with van der Waals surface area (Å²) in [6, 6.07) is 18.8. The summed E-state index contributed by atoms with van der Waals surface area (Å²) in [6.45, 7) is 3.63. The van der Waals surface area contributed by atoms with Crippen molar-refractivity contribution in [1.29, 1.82) is 5.26 Å². The first kappa shape index (κ1) is 20.0. The van der Waals surface area contributed by atoms with Crippen molar-refractivity contribution >= 4 is 28.6 Å². The number of aryl methyl sites for hydroxylation is 1. The third-order valence-electron chi connectivity index (χ3n) is 5.39. The minimum Gasteiger partial charge on any atom is -0.358 e. The molecule has 2 aromatic carbocycles. The van der Waals surface area contributed by atoms with Crippen molar-refractivity contribution in [3.05, 3.63) is 87.5 Å². The zero-order valence-electron chi connectivity index (χ0n) is 17.4. The zero-order chi connectivity index (χ0) is 22.1. The molecule has 2 aromatic heterocycles. The molecule has 4 aromatic rings. The number of anilines is 1. The lowest BCUT2D eigenvalue weighted by Crippen LogP contribution is -2.23. The molecule has 7 heteroatoms. The summed E-state index contributed by atoms with van der Waals surface area (Å²) in [5.74, 6) is -0.627. The molecule has 31 heavy (non-hydrogen) atoms. The van der Waals surface area contributed by atoms with Crippen molar-refractivity contribution in [2.75, 3.05) is 5.32 Å². The molecule has 0 spiro atoms. The van der Waals surface area contributed by atoms with Crippen LogP contribution in [-0.4, -0.2) is 20.3 Å². The second kappa shape index (κ2) is 7.84. The Balaban J connectivity index is 1.72. The van der Waals surface area contributed by atoms with Gasteiger partial charge in [0, 0.05) is 29.2 Å². The van der Waals surface area contributed by atoms with E-state index < -0.39 is 5.91 Å². The van der Waals surface area contributed by atoms with E-state index in [1.807, 2.05) is 67.6 Å². The molecule has 1 amide bonds. The van der Waals surface area contributed by atoms with Crippen LogP contribution in [0.2, 0.25) is 0 Å². The van der Waals surface area contributed by atoms with Gasteiger partial charge in [-0.25, -0.2) is 4.68 Å². The van der Waals surface area contributed by atoms with Gasteiger partial charge in [0.25, 0.3) is 11.5 Å². The smallest absolute Gasteiger partial charge is 0.295 e. The predicted molar refractivity (Wildman–Crippen MR) is 121 cm³/mol. The molecular formula is C24H21N5O2. The lowest BCUT2D eigenvalue weighted by atomic mass is 10.1. The Kier molecular flexibility index (Phi) is 5.05. The molecule has 0 bridgehead atoms. The van der Waals surface area contributed by atoms with E-state index in [-0.39, 0.29) is 16.8 Å². The first-order valence-electron chi connectivity index (χ1n) is 9.77. The van der Waals surface area contributed by atoms with E-state index >= 15 is 0 Å². The number of nitriles is 1. The van der Waals surface area contributed by atoms with Gasteiger partial charge in [0.15, 0.2) is 0 Å². The molecule has 0 aliphatic rings. The summed E-state index contributed by atoms with van der Waals surface area (Å²) in [7, 11) is 1.75. The van der Waals surface area contributed by atoms with E-state index in [9.17, 15) is 14.9 Å². The van der Waals surface area contributed by atoms with Crippen LogP contribution in [0.15, 0.2) is 65.0 Å². The van der Waals surface area contributed by atoms with Crippen LogP contribution < -0.4 is 10.9 Å². The van der Waals surface area contributed by atoms with E-state index in [0.717, 1.165) is 22.2 Å². The highest BCUT2D eigenvalue weighted by atomic mass is 16.2. The topological polar surface area (TPSA) is 95.6 Å². The van der Waals surface area contributed by atoms with Crippen LogP contribution in [0.3, 0.4) is 0 Å². The van der Waals surface area contributed by atoms with Crippen LogP contribution in [0.5, 0.6) is 0 Å². The maximum absolute atomic E-state index is 13.0. The SMILES string of the molecule is Cc1[nH]c2ccccc2c1/C=C(/C#N)C(=O)Nc1c(C)n(C)n(-c2ccccc2)c1=O. The molecule has 0 atom stereocenters. The minimum absolute atomic E-state index is 0.0817. The molecule has 7 nitrogen and oxygen atoms in total. The van der Waals surface area contributed by atoms with Gasteiger partial charge < -0.3 is 10.3 Å². The van der Waals surface area contributed by atoms with Gasteiger partial charge in [-0.05, 0) is 38.1 Å². The molecule has 0 unspecified atom stereocenters. The summed E-state index contributed by atoms with van der Waals surface area (Å²) in [5.41, 5.74) is 3.52. The number of carbonyl (C=O) groups excluding carboxylic acids is 1. The average Bonchev–Trinajstić information content (AvgIpc) is 3.20. The van der Waals surface area contributed by atoms with Gasteiger partial charge in [-0.15, -0.1) is 0 Å². The number of nitrogens with one attached hydrogen (secondary N) is 2. The minimum atomic E-state index is -0.627. The second-order valence-electron chi connectivity index (χ2n) is 7.27. The maximum Gasteiger partial charge on any atom is 0.295 e. The van der Waals surface area contributed by atoms with Gasteiger partial charge in [-0.1, -0.05) is 36.4 Å². The van der Waals surface area contributed by atoms with Gasteiger partial charge >= 0.3 is 0 Å². The third kappa shape index (κ3) is 3.45. The van der Waals surface area contributed by atoms with E-state index in [2.05, 4.69) is 10.3 Å². The lowest BCUT2D eigenvalue weighted by Gasteiger charge is -2.07. The van der Waals surface area contributed by atoms with E-state index in [1.54, 1.807) is 24.7 Å². The fourth-order valence-electron chi connectivity index (χ4n) is 3.67. The first-order chi connectivity index (χ1) is 14.9. The van der Waals surface area contributed by atoms with Gasteiger partial charge in [0.2, 0.25) is 0 Å². The Bertz CT molecular complexity index is 1430. The number of para-hydroxylation sites is 2. The molecule has 2 N–H and O–H groups in total. The van der Waals surface area contributed by atoms with Crippen molar-refractivity contribution < 1.29 is 4.79 Å². The molecule has 0 aliphatic carbocycles. The predicted octanol–water partition coefficient (Wildman–Crippen LogP) is 3.82. The fraction of sp³-hybridized carbons (Fsp3) is 0.125. The number of benzene rings is 2. The first-order valence-corrected chi connectivity index (χ1v) is 9.77. The number of nitrogens with zero attached hydrogens (tertiary/aromatic N) is 3. The summed E-state index contributed by atoms with van der Waals surface area (Å²) in [4.78, 5) is 29.2. The molecule has 0 radical (unpaired) electrons. The standard InChI is InChI=1S/C24H21N5O2/c1-15-20(19-11-7-8-12-21(19)26-15)13-17(14-25)23(30)27-22-16(2)28(3)29(24(22)31)18-9-5-4-6-10-18/h4-13,26H,1-3H3,(H,27,30)/b17-13-. The highest BCUT2D eigenvalue weighted by Crippen LogP contribution is 2.24. The highest BCUT2D eigenvalue weighted by molar-refractivity contribution is 6.11. The number of amides is 1. The van der Waals surface area contributed by atoms with Crippen molar-refractivity contribution in [1.82, 2.24) is 14.3 Å². The molecule has 0 saturated heterocycles. The van der Waals surface area contributed by atoms with Gasteiger partial charge in [0.1, 0.15) is 17.3 Å². The lowest BCUT2D eigenvalue weighted by molar-refractivity contribution is -0.112. The van der Waals surface area contributed by atoms with Crippen molar-refractivity contribution in [2.45, 2.75) is 13.8 Å². The van der Waals surface area contributed by atoms with Crippen LogP contribution in [0.25, 0.3) is 22.7 Å². The number of aromatic amines is 1. The summed E-state index contributed by atoms with van der Waals surface area (Å²) >= 11 is 0. The van der Waals surface area contributed by atoms with Crippen molar-refractivity contribution in [3.63, 3.8) is 0 Å². The molecule has 0 saturated carbocycles. The molecular weight excluding hydrogens is 390 g/mol. The monoisotopic (exact) mass is 411 g/mol. The number of carbonyl (C=O) groups is 1. The largest absolute Gasteiger partial charge is 0.358 e. The van der Waals surface area contributed by atoms with Crippen molar-refractivity contribution in [3.8, 4) is 11.8 Å². The number of aromatic nitrogens is 3. The van der Waals surface area contributed by atoms with Crippen molar-refractivity contribution in [2.24, 2.45) is 7.05 Å². The molecule has 0 fully saturated rings. The van der Waals surface area contributed by atoms with Crippen LogP contribution in [0, 0.1) is 25.2 Å². The third-order valence-corrected chi connectivity index (χ3v) is 5.39. The molecule has 2 heterocycles. The van der Waals surface area contributed by atoms with Gasteiger partial charge in [0.05, 0.1) is 11.4 Å². The number of fused-ring (bicyclic) bond motifs is 1. The normalized spacial score (nSPS) is 11.5. The molecule has 154 valence electrons. The molecule has 0 aliphatic heterocycles. The Labute approximate surface area is 178 Å². The number of hydrogen-bond donors (Lipinski definition) is 2. The van der Waals surface area contributed by atoms with Crippen LogP contribution in [0.1, 0.15) is 17.0 Å². The fourth-order valence-corrected chi connectivity index (χ4v) is 3.67. The Hall–Kier alpha value is -4.31. The number of H-pyrrole nitrogens is 1. The summed E-state index contributed by atoms with van der Waals surface area (Å²) in [6.07, 6.45) is 1.55. The highest BCUT2D eigenvalue weighted by Gasteiger charge is 2.20. The Morgan fingerprint density at radius 1 is 1.10 bits per heavy atom. The molecule has 4 rings (SSSR count). The summed E-state index contributed by atoms with van der Waals surface area (Å²) < 4.78 is 3.15. The van der Waals surface area contributed by atoms with Gasteiger partial charge in [-0.3, -0.25) is 14.3 Å². The Morgan fingerprint density at radius 2 is 1.77 bits per heavy atom. The summed E-state index contributed by atoms with van der Waals surface area (Å²) in [5, 5.41) is 13.2. The second-order valence-corrected chi connectivity index (χ2v) is 7.27. The Morgan fingerprint density at radius 3 is 2.48 bits per heavy atom. The van der Waals surface area contributed by atoms with Crippen LogP contribution in [0.4, 0.5) is 5.69 Å². The number of hydrogen-bond acceptors (Lipinski definition) is 3. The average molecular weight is 411 g/mol. The zero-order valence-corrected chi connectivity index (χ0v) is 17.4. The number of rotatable bonds is 4. The van der Waals surface area contributed by atoms with Crippen LogP contribution >= 0.6 is 0 Å². The van der Waals surface area contributed by atoms with Crippen LogP contribution in [-0.2, 0) is 11.8 Å². The van der Waals surface area contributed by atoms with Gasteiger partial charge in [-0.2, -0.15) is 5.26 Å². The quantitative estimate of drug-likeness (QED) is 0.395. The van der Waals surface area contributed by atoms with E-state index in [0.29, 0.717) is 11.4 Å². The van der Waals surface area contributed by atoms with E-state index in [4.69, 9.17) is 0 Å². The van der Waals surface area contributed by atoms with E-state index in [1.165, 1.54) is 4.68 Å².